The van der Waals surface area contributed by atoms with Gasteiger partial charge in [0.1, 0.15) is 11.9 Å². The van der Waals surface area contributed by atoms with Crippen LogP contribution in [-0.4, -0.2) is 19.0 Å². The van der Waals surface area contributed by atoms with Crippen LogP contribution in [0.5, 0.6) is 0 Å². The molecule has 1 aromatic carbocycles. The van der Waals surface area contributed by atoms with Gasteiger partial charge in [0.05, 0.1) is 11.0 Å². The maximum absolute atomic E-state index is 13.2. The van der Waals surface area contributed by atoms with Crippen LogP contribution in [0.2, 0.25) is 0 Å². The first-order valence-electron chi connectivity index (χ1n) is 6.27. The molecule has 1 aliphatic heterocycles. The summed E-state index contributed by atoms with van der Waals surface area (Å²) in [5.74, 6) is -0.679. The van der Waals surface area contributed by atoms with Crippen LogP contribution in [0.25, 0.3) is 0 Å². The Morgan fingerprint density at radius 1 is 1.58 bits per heavy atom. The lowest BCUT2D eigenvalue weighted by Crippen LogP contribution is -2.46. The molecular weight excluding hydrogens is 245 g/mol. The number of rotatable bonds is 2. The maximum atomic E-state index is 13.2. The smallest absolute Gasteiger partial charge is 0.231 e. The molecule has 2 N–H and O–H groups in total. The first-order valence-corrected chi connectivity index (χ1v) is 6.27. The van der Waals surface area contributed by atoms with Crippen molar-refractivity contribution < 1.29 is 9.18 Å². The fraction of sp³-hybridized carbons (Fsp3) is 0.429. The van der Waals surface area contributed by atoms with Gasteiger partial charge in [0, 0.05) is 12.2 Å². The number of anilines is 1. The van der Waals surface area contributed by atoms with Crippen molar-refractivity contribution in [2.45, 2.75) is 19.8 Å². The molecule has 0 bridgehead atoms. The van der Waals surface area contributed by atoms with Crippen LogP contribution in [0.15, 0.2) is 18.2 Å². The second-order valence-corrected chi connectivity index (χ2v) is 5.10. The van der Waals surface area contributed by atoms with E-state index in [0.29, 0.717) is 12.2 Å². The largest absolute Gasteiger partial charge is 0.326 e. The van der Waals surface area contributed by atoms with Gasteiger partial charge in [0.25, 0.3) is 0 Å². The molecule has 1 aliphatic rings. The number of nitriles is 1. The highest BCUT2D eigenvalue weighted by atomic mass is 19.1. The lowest BCUT2D eigenvalue weighted by atomic mass is 9.82. The fourth-order valence-electron chi connectivity index (χ4n) is 2.22. The first-order chi connectivity index (χ1) is 9.05. The molecule has 1 heterocycles. The molecule has 0 aromatic heterocycles. The zero-order chi connectivity index (χ0) is 13.9. The van der Waals surface area contributed by atoms with Crippen LogP contribution < -0.4 is 10.6 Å². The predicted octanol–water partition coefficient (Wildman–Crippen LogP) is 2.03. The molecule has 2 rings (SSSR count). The van der Waals surface area contributed by atoms with Crippen molar-refractivity contribution in [3.63, 3.8) is 0 Å². The Morgan fingerprint density at radius 3 is 3.00 bits per heavy atom. The molecule has 100 valence electrons. The Bertz CT molecular complexity index is 530. The van der Waals surface area contributed by atoms with Gasteiger partial charge in [-0.05, 0) is 44.5 Å². The molecule has 1 fully saturated rings. The Balaban J connectivity index is 2.13. The summed E-state index contributed by atoms with van der Waals surface area (Å²) in [7, 11) is 0. The van der Waals surface area contributed by atoms with E-state index in [1.807, 2.05) is 6.92 Å². The minimum atomic E-state index is -0.578. The molecule has 0 spiro atoms. The number of hydrogen-bond acceptors (Lipinski definition) is 3. The third kappa shape index (κ3) is 2.91. The highest BCUT2D eigenvalue weighted by Crippen LogP contribution is 2.27. The topological polar surface area (TPSA) is 64.9 Å². The number of halogens is 1. The second kappa shape index (κ2) is 5.37. The molecule has 19 heavy (non-hydrogen) atoms. The van der Waals surface area contributed by atoms with Crippen molar-refractivity contribution in [2.24, 2.45) is 5.41 Å². The lowest BCUT2D eigenvalue weighted by molar-refractivity contribution is -0.125. The lowest BCUT2D eigenvalue weighted by Gasteiger charge is -2.32. The third-order valence-corrected chi connectivity index (χ3v) is 3.49. The summed E-state index contributed by atoms with van der Waals surface area (Å²) in [4.78, 5) is 12.2. The van der Waals surface area contributed by atoms with Gasteiger partial charge in [-0.15, -0.1) is 0 Å². The molecule has 1 aromatic rings. The molecule has 0 radical (unpaired) electrons. The highest BCUT2D eigenvalue weighted by Gasteiger charge is 2.34. The minimum absolute atomic E-state index is 0.0651. The number of nitrogens with one attached hydrogen (secondary N) is 2. The Kier molecular flexibility index (Phi) is 3.82. The average molecular weight is 261 g/mol. The highest BCUT2D eigenvalue weighted by molar-refractivity contribution is 5.95. The summed E-state index contributed by atoms with van der Waals surface area (Å²) >= 11 is 0. The molecule has 5 heteroatoms. The number of hydrogen-bond donors (Lipinski definition) is 2. The van der Waals surface area contributed by atoms with Gasteiger partial charge in [-0.3, -0.25) is 4.79 Å². The number of benzene rings is 1. The number of carbonyl (C=O) groups is 1. The molecular formula is C14H16FN3O. The number of carbonyl (C=O) groups excluding carboxylic acids is 1. The average Bonchev–Trinajstić information content (AvgIpc) is 2.41. The van der Waals surface area contributed by atoms with E-state index in [9.17, 15) is 9.18 Å². The van der Waals surface area contributed by atoms with Crippen molar-refractivity contribution in [3.05, 3.63) is 29.6 Å². The van der Waals surface area contributed by atoms with Crippen molar-refractivity contribution in [2.75, 3.05) is 18.4 Å². The SMILES string of the molecule is CC1(C(=O)Nc2ccc(F)c(C#N)c2)CCCNC1. The van der Waals surface area contributed by atoms with E-state index < -0.39 is 11.2 Å². The molecule has 1 unspecified atom stereocenters. The van der Waals surface area contributed by atoms with Crippen molar-refractivity contribution in [1.82, 2.24) is 5.32 Å². The zero-order valence-corrected chi connectivity index (χ0v) is 10.8. The van der Waals surface area contributed by atoms with E-state index >= 15 is 0 Å². The molecule has 1 amide bonds. The minimum Gasteiger partial charge on any atom is -0.326 e. The summed E-state index contributed by atoms with van der Waals surface area (Å²) in [5.41, 5.74) is -0.0705. The predicted molar refractivity (Wildman–Crippen MR) is 70.0 cm³/mol. The van der Waals surface area contributed by atoms with Crippen LogP contribution in [0.1, 0.15) is 25.3 Å². The third-order valence-electron chi connectivity index (χ3n) is 3.49. The Labute approximate surface area is 111 Å². The van der Waals surface area contributed by atoms with E-state index in [-0.39, 0.29) is 11.5 Å². The fourth-order valence-corrected chi connectivity index (χ4v) is 2.22. The maximum Gasteiger partial charge on any atom is 0.231 e. The first kappa shape index (κ1) is 13.5. The molecule has 0 aliphatic carbocycles. The molecule has 0 saturated carbocycles. The molecule has 4 nitrogen and oxygen atoms in total. The van der Waals surface area contributed by atoms with Gasteiger partial charge < -0.3 is 10.6 Å². The van der Waals surface area contributed by atoms with Gasteiger partial charge >= 0.3 is 0 Å². The molecule has 1 saturated heterocycles. The number of piperidine rings is 1. The van der Waals surface area contributed by atoms with Crippen LogP contribution >= 0.6 is 0 Å². The van der Waals surface area contributed by atoms with E-state index in [0.717, 1.165) is 19.4 Å². The van der Waals surface area contributed by atoms with Gasteiger partial charge in [-0.25, -0.2) is 4.39 Å². The summed E-state index contributed by atoms with van der Waals surface area (Å²) in [5, 5.41) is 14.7. The van der Waals surface area contributed by atoms with Crippen LogP contribution in [0, 0.1) is 22.6 Å². The Morgan fingerprint density at radius 2 is 2.37 bits per heavy atom. The number of amides is 1. The summed E-state index contributed by atoms with van der Waals surface area (Å²) in [6.07, 6.45) is 1.77. The standard InChI is InChI=1S/C14H16FN3O/c1-14(5-2-6-17-9-14)13(19)18-11-3-4-12(15)10(7-11)8-16/h3-4,7,17H,2,5-6,9H2,1H3,(H,18,19). The second-order valence-electron chi connectivity index (χ2n) is 5.10. The van der Waals surface area contributed by atoms with E-state index in [1.165, 1.54) is 18.2 Å². The van der Waals surface area contributed by atoms with Gasteiger partial charge in [0.15, 0.2) is 0 Å². The summed E-state index contributed by atoms with van der Waals surface area (Å²) in [6.45, 7) is 3.46. The summed E-state index contributed by atoms with van der Waals surface area (Å²) in [6, 6.07) is 5.77. The van der Waals surface area contributed by atoms with Crippen molar-refractivity contribution >= 4 is 11.6 Å². The van der Waals surface area contributed by atoms with E-state index in [2.05, 4.69) is 10.6 Å². The number of nitrogens with zero attached hydrogens (tertiary/aromatic N) is 1. The van der Waals surface area contributed by atoms with Crippen LogP contribution in [0.4, 0.5) is 10.1 Å². The van der Waals surface area contributed by atoms with E-state index in [4.69, 9.17) is 5.26 Å². The monoisotopic (exact) mass is 261 g/mol. The summed E-state index contributed by atoms with van der Waals surface area (Å²) < 4.78 is 13.2. The van der Waals surface area contributed by atoms with Gasteiger partial charge in [-0.1, -0.05) is 0 Å². The normalized spacial score (nSPS) is 22.6. The van der Waals surface area contributed by atoms with Crippen molar-refractivity contribution in [1.29, 1.82) is 5.26 Å². The van der Waals surface area contributed by atoms with Gasteiger partial charge in [0.2, 0.25) is 5.91 Å². The van der Waals surface area contributed by atoms with Crippen LogP contribution in [-0.2, 0) is 4.79 Å². The van der Waals surface area contributed by atoms with Crippen molar-refractivity contribution in [3.8, 4) is 6.07 Å². The Hall–Kier alpha value is -1.93. The van der Waals surface area contributed by atoms with E-state index in [1.54, 1.807) is 6.07 Å². The quantitative estimate of drug-likeness (QED) is 0.856. The molecule has 1 atom stereocenters. The van der Waals surface area contributed by atoms with Gasteiger partial charge in [-0.2, -0.15) is 5.26 Å². The zero-order valence-electron chi connectivity index (χ0n) is 10.8. The van der Waals surface area contributed by atoms with Crippen LogP contribution in [0.3, 0.4) is 0 Å².